The van der Waals surface area contributed by atoms with Gasteiger partial charge in [-0.3, -0.25) is 15.5 Å². The Morgan fingerprint density at radius 3 is 2.77 bits per heavy atom. The highest BCUT2D eigenvalue weighted by Crippen LogP contribution is 2.17. The van der Waals surface area contributed by atoms with Gasteiger partial charge in [0.05, 0.1) is 16.3 Å². The maximum Gasteiger partial charge on any atom is 0.271 e. The highest BCUT2D eigenvalue weighted by molar-refractivity contribution is 7.80. The van der Waals surface area contributed by atoms with Gasteiger partial charge in [-0.15, -0.1) is 0 Å². The van der Waals surface area contributed by atoms with E-state index in [1.54, 1.807) is 6.07 Å². The molecule has 0 bridgehead atoms. The molecule has 0 saturated carbocycles. The largest absolute Gasteiger partial charge is 0.396 e. The highest BCUT2D eigenvalue weighted by atomic mass is 32.1. The van der Waals surface area contributed by atoms with E-state index in [1.807, 2.05) is 0 Å². The van der Waals surface area contributed by atoms with Gasteiger partial charge in [0.2, 0.25) is 0 Å². The van der Waals surface area contributed by atoms with Crippen LogP contribution < -0.4 is 17.0 Å². The molecule has 1 aromatic carbocycles. The summed E-state index contributed by atoms with van der Waals surface area (Å²) in [6.45, 7) is 0. The van der Waals surface area contributed by atoms with E-state index in [1.165, 1.54) is 24.3 Å². The van der Waals surface area contributed by atoms with Crippen molar-refractivity contribution in [2.45, 2.75) is 0 Å². The maximum absolute atomic E-state index is 10.8. The predicted molar refractivity (Wildman–Crippen MR) is 81.1 cm³/mol. The first-order valence-corrected chi connectivity index (χ1v) is 6.19. The molecule has 5 N–H and O–H groups in total. The zero-order valence-corrected chi connectivity index (χ0v) is 11.8. The Labute approximate surface area is 129 Å². The molecule has 9 nitrogen and oxygen atoms in total. The summed E-state index contributed by atoms with van der Waals surface area (Å²) in [6.07, 6.45) is 0. The molecule has 0 aliphatic carbocycles. The van der Waals surface area contributed by atoms with Gasteiger partial charge in [0.1, 0.15) is 22.3 Å². The number of nitrogens with zero attached hydrogens (tertiary/aromatic N) is 4. The predicted octanol–water partition coefficient (Wildman–Crippen LogP) is 0.348. The molecule has 0 atom stereocenters. The van der Waals surface area contributed by atoms with Gasteiger partial charge in [-0.2, -0.15) is 10.4 Å². The molecule has 0 spiro atoms. The van der Waals surface area contributed by atoms with Crippen LogP contribution >= 0.6 is 12.2 Å². The van der Waals surface area contributed by atoms with Crippen molar-refractivity contribution in [3.8, 4) is 11.8 Å². The average molecular weight is 315 g/mol. The third kappa shape index (κ3) is 2.48. The summed E-state index contributed by atoms with van der Waals surface area (Å²) in [5.41, 5.74) is 10.7. The smallest absolute Gasteiger partial charge is 0.271 e. The van der Waals surface area contributed by atoms with Gasteiger partial charge < -0.3 is 11.5 Å². The second-order valence-corrected chi connectivity index (χ2v) is 4.59. The molecule has 0 amide bonds. The van der Waals surface area contributed by atoms with Crippen LogP contribution in [0, 0.1) is 26.9 Å². The van der Waals surface area contributed by atoms with Crippen LogP contribution in [-0.4, -0.2) is 19.7 Å². The molecule has 22 heavy (non-hydrogen) atoms. The molecule has 0 radical (unpaired) electrons. The third-order valence-corrected chi connectivity index (χ3v) is 3.00. The average Bonchev–Trinajstić information content (AvgIpc) is 2.47. The normalized spacial score (nSPS) is 9.95. The number of nitrogens with one attached hydrogen (secondary N) is 1. The van der Waals surface area contributed by atoms with Crippen molar-refractivity contribution in [3.05, 3.63) is 51.1 Å². The lowest BCUT2D eigenvalue weighted by atomic mass is 10.2. The number of anilines is 1. The lowest BCUT2D eigenvalue weighted by molar-refractivity contribution is -0.384. The summed E-state index contributed by atoms with van der Waals surface area (Å²) < 4.78 is 1.02. The minimum atomic E-state index is -0.579. The molecule has 10 heteroatoms. The summed E-state index contributed by atoms with van der Waals surface area (Å²) in [7, 11) is 0. The number of nitrogens with two attached hydrogens (primary N) is 2. The van der Waals surface area contributed by atoms with Crippen LogP contribution in [0.5, 0.6) is 0 Å². The molecule has 0 unspecified atom stereocenters. The maximum atomic E-state index is 10.8. The summed E-state index contributed by atoms with van der Waals surface area (Å²) >= 11 is 4.82. The zero-order valence-electron chi connectivity index (χ0n) is 11.0. The molecule has 2 aromatic rings. The van der Waals surface area contributed by atoms with Gasteiger partial charge in [0.25, 0.3) is 5.69 Å². The Bertz CT molecular complexity index is 897. The van der Waals surface area contributed by atoms with Crippen molar-refractivity contribution in [2.24, 2.45) is 5.73 Å². The fraction of sp³-hybridized carbons (Fsp3) is 0. The van der Waals surface area contributed by atoms with E-state index in [9.17, 15) is 10.1 Å². The van der Waals surface area contributed by atoms with Crippen molar-refractivity contribution in [2.75, 3.05) is 5.73 Å². The number of hydrogen-bond acceptors (Lipinski definition) is 7. The Morgan fingerprint density at radius 1 is 1.55 bits per heavy atom. The number of nitro benzene ring substituents is 1. The Hall–Kier alpha value is -3.32. The Balaban J connectivity index is 2.82. The number of nitro groups is 1. The van der Waals surface area contributed by atoms with Crippen molar-refractivity contribution in [1.82, 2.24) is 9.78 Å². The van der Waals surface area contributed by atoms with Crippen molar-refractivity contribution >= 4 is 28.6 Å². The van der Waals surface area contributed by atoms with E-state index in [0.29, 0.717) is 0 Å². The van der Waals surface area contributed by atoms with Crippen LogP contribution in [0.25, 0.3) is 5.69 Å². The van der Waals surface area contributed by atoms with E-state index in [-0.39, 0.29) is 38.8 Å². The van der Waals surface area contributed by atoms with Crippen molar-refractivity contribution in [3.63, 3.8) is 0 Å². The quantitative estimate of drug-likeness (QED) is 0.418. The van der Waals surface area contributed by atoms with E-state index >= 15 is 0 Å². The molecule has 1 heterocycles. The van der Waals surface area contributed by atoms with Gasteiger partial charge in [0.15, 0.2) is 5.49 Å². The third-order valence-electron chi connectivity index (χ3n) is 2.80. The standard InChI is InChI=1S/C12H9N7O2S/c13-5-8-9(14)10(12(16)22)17-18(11(8)15)6-2-1-3-7(4-6)19(20)21/h1-4,15H,14H2,(H2,16,22). The highest BCUT2D eigenvalue weighted by Gasteiger charge is 2.16. The van der Waals surface area contributed by atoms with E-state index in [2.05, 4.69) is 5.10 Å². The Morgan fingerprint density at radius 2 is 2.23 bits per heavy atom. The summed E-state index contributed by atoms with van der Waals surface area (Å²) in [5.74, 6) is 0. The lowest BCUT2D eigenvalue weighted by Crippen LogP contribution is -2.30. The first-order valence-electron chi connectivity index (χ1n) is 5.79. The molecule has 110 valence electrons. The SMILES string of the molecule is N#Cc1c(N)c(C(N)=S)nn(-c2cccc([N+](=O)[O-])c2)c1=N. The van der Waals surface area contributed by atoms with Gasteiger partial charge >= 0.3 is 0 Å². The summed E-state index contributed by atoms with van der Waals surface area (Å²) in [5, 5.41) is 32.0. The van der Waals surface area contributed by atoms with Gasteiger partial charge in [-0.05, 0) is 6.07 Å². The van der Waals surface area contributed by atoms with Crippen LogP contribution in [0.15, 0.2) is 24.3 Å². The molecule has 2 rings (SSSR count). The first-order chi connectivity index (χ1) is 10.4. The fourth-order valence-corrected chi connectivity index (χ4v) is 1.93. The number of rotatable bonds is 3. The fourth-order valence-electron chi connectivity index (χ4n) is 1.78. The van der Waals surface area contributed by atoms with Crippen LogP contribution in [-0.2, 0) is 0 Å². The van der Waals surface area contributed by atoms with Crippen molar-refractivity contribution < 1.29 is 4.92 Å². The van der Waals surface area contributed by atoms with Gasteiger partial charge in [-0.1, -0.05) is 18.3 Å². The monoisotopic (exact) mass is 315 g/mol. The second-order valence-electron chi connectivity index (χ2n) is 4.15. The topological polar surface area (TPSA) is 161 Å². The van der Waals surface area contributed by atoms with E-state index < -0.39 is 4.92 Å². The number of non-ortho nitro benzene ring substituents is 1. The molecular formula is C12H9N7O2S. The molecule has 0 aliphatic heterocycles. The first kappa shape index (κ1) is 15.1. The van der Waals surface area contributed by atoms with Crippen molar-refractivity contribution in [1.29, 1.82) is 10.7 Å². The van der Waals surface area contributed by atoms with Gasteiger partial charge in [-0.25, -0.2) is 4.68 Å². The molecule has 0 fully saturated rings. The van der Waals surface area contributed by atoms with Crippen LogP contribution in [0.1, 0.15) is 11.3 Å². The summed E-state index contributed by atoms with van der Waals surface area (Å²) in [6, 6.07) is 7.23. The van der Waals surface area contributed by atoms with E-state index in [4.69, 9.17) is 34.4 Å². The summed E-state index contributed by atoms with van der Waals surface area (Å²) in [4.78, 5) is 10.1. The number of aromatic nitrogens is 2. The molecular weight excluding hydrogens is 306 g/mol. The van der Waals surface area contributed by atoms with Crippen LogP contribution in [0.3, 0.4) is 0 Å². The Kier molecular flexibility index (Phi) is 3.83. The molecule has 0 saturated heterocycles. The minimum absolute atomic E-state index is 0.0194. The number of nitriles is 1. The number of hydrogen-bond donors (Lipinski definition) is 3. The van der Waals surface area contributed by atoms with Gasteiger partial charge in [0, 0.05) is 12.1 Å². The number of nitrogen functional groups attached to an aromatic ring is 1. The molecule has 1 aromatic heterocycles. The molecule has 0 aliphatic rings. The number of benzene rings is 1. The number of thiocarbonyl (C=S) groups is 1. The van der Waals surface area contributed by atoms with E-state index in [0.717, 1.165) is 4.68 Å². The lowest BCUT2D eigenvalue weighted by Gasteiger charge is -2.11. The van der Waals surface area contributed by atoms with Crippen LogP contribution in [0.4, 0.5) is 11.4 Å². The van der Waals surface area contributed by atoms with Crippen LogP contribution in [0.2, 0.25) is 0 Å². The second kappa shape index (κ2) is 5.58. The minimum Gasteiger partial charge on any atom is -0.396 e. The zero-order chi connectivity index (χ0) is 16.4.